The molecule has 5 nitrogen and oxygen atoms in total. The fraction of sp³-hybridized carbons (Fsp3) is 0.158. The largest absolute Gasteiger partial charge is 0.479 e. The number of amides is 2. The second-order valence-corrected chi connectivity index (χ2v) is 7.59. The van der Waals surface area contributed by atoms with Crippen LogP contribution >= 0.6 is 22.9 Å². The number of rotatable bonds is 2. The number of aryl methyl sites for hydroxylation is 1. The molecule has 132 valence electrons. The van der Waals surface area contributed by atoms with Crippen LogP contribution in [0.2, 0.25) is 5.02 Å². The molecule has 2 aromatic carbocycles. The zero-order chi connectivity index (χ0) is 18.4. The first-order valence-corrected chi connectivity index (χ1v) is 9.23. The number of hydrogen-bond donors (Lipinski definition) is 2. The van der Waals surface area contributed by atoms with E-state index in [1.54, 1.807) is 25.1 Å². The van der Waals surface area contributed by atoms with Gasteiger partial charge in [0.25, 0.3) is 11.8 Å². The van der Waals surface area contributed by atoms with Crippen LogP contribution in [0.4, 0.5) is 11.4 Å². The molecule has 1 atom stereocenters. The minimum absolute atomic E-state index is 0.219. The van der Waals surface area contributed by atoms with Gasteiger partial charge in [0.2, 0.25) is 0 Å². The molecule has 0 saturated carbocycles. The van der Waals surface area contributed by atoms with Crippen molar-refractivity contribution in [1.82, 2.24) is 0 Å². The van der Waals surface area contributed by atoms with Crippen molar-refractivity contribution in [3.8, 4) is 5.75 Å². The predicted octanol–water partition coefficient (Wildman–Crippen LogP) is 4.83. The molecule has 0 radical (unpaired) electrons. The quantitative estimate of drug-likeness (QED) is 0.662. The number of carbonyl (C=O) groups excluding carboxylic acids is 2. The Hall–Kier alpha value is -2.57. The molecule has 0 bridgehead atoms. The van der Waals surface area contributed by atoms with Gasteiger partial charge < -0.3 is 15.4 Å². The van der Waals surface area contributed by atoms with Crippen LogP contribution < -0.4 is 15.4 Å². The van der Waals surface area contributed by atoms with Gasteiger partial charge in [0.1, 0.15) is 10.6 Å². The Morgan fingerprint density at radius 1 is 1.27 bits per heavy atom. The van der Waals surface area contributed by atoms with Gasteiger partial charge in [-0.1, -0.05) is 23.7 Å². The lowest BCUT2D eigenvalue weighted by atomic mass is 10.2. The van der Waals surface area contributed by atoms with Crippen LogP contribution in [-0.2, 0) is 4.79 Å². The van der Waals surface area contributed by atoms with Crippen molar-refractivity contribution in [2.24, 2.45) is 0 Å². The van der Waals surface area contributed by atoms with Crippen LogP contribution in [0.3, 0.4) is 0 Å². The second kappa shape index (κ2) is 6.30. The van der Waals surface area contributed by atoms with Crippen LogP contribution in [0.1, 0.15) is 22.2 Å². The normalized spacial score (nSPS) is 16.0. The van der Waals surface area contributed by atoms with Crippen LogP contribution in [0.25, 0.3) is 10.1 Å². The van der Waals surface area contributed by atoms with Crippen molar-refractivity contribution in [2.75, 3.05) is 10.6 Å². The van der Waals surface area contributed by atoms with Gasteiger partial charge in [0, 0.05) is 15.8 Å². The van der Waals surface area contributed by atoms with E-state index >= 15 is 0 Å². The Morgan fingerprint density at radius 3 is 2.88 bits per heavy atom. The van der Waals surface area contributed by atoms with Crippen molar-refractivity contribution >= 4 is 56.2 Å². The highest BCUT2D eigenvalue weighted by Gasteiger charge is 2.24. The fourth-order valence-corrected chi connectivity index (χ4v) is 4.30. The maximum Gasteiger partial charge on any atom is 0.267 e. The minimum Gasteiger partial charge on any atom is -0.479 e. The average Bonchev–Trinajstić information content (AvgIpc) is 2.92. The van der Waals surface area contributed by atoms with E-state index in [1.165, 1.54) is 11.3 Å². The SMILES string of the molecule is Cc1ccc2c(Cl)c(C(=O)Nc3ccc4c(c3)NC(=O)[C@H](C)O4)sc2c1. The van der Waals surface area contributed by atoms with E-state index in [9.17, 15) is 9.59 Å². The minimum atomic E-state index is -0.538. The monoisotopic (exact) mass is 386 g/mol. The molecular weight excluding hydrogens is 372 g/mol. The van der Waals surface area contributed by atoms with Crippen LogP contribution in [0, 0.1) is 6.92 Å². The summed E-state index contributed by atoms with van der Waals surface area (Å²) in [7, 11) is 0. The smallest absolute Gasteiger partial charge is 0.267 e. The molecule has 0 fully saturated rings. The zero-order valence-corrected chi connectivity index (χ0v) is 15.6. The lowest BCUT2D eigenvalue weighted by Gasteiger charge is -2.23. The maximum absolute atomic E-state index is 12.7. The number of halogens is 1. The number of fused-ring (bicyclic) bond motifs is 2. The van der Waals surface area contributed by atoms with Gasteiger partial charge >= 0.3 is 0 Å². The lowest BCUT2D eigenvalue weighted by molar-refractivity contribution is -0.122. The van der Waals surface area contributed by atoms with E-state index in [1.807, 2.05) is 25.1 Å². The highest BCUT2D eigenvalue weighted by Crippen LogP contribution is 2.37. The van der Waals surface area contributed by atoms with Gasteiger partial charge in [-0.05, 0) is 43.7 Å². The van der Waals surface area contributed by atoms with Crippen molar-refractivity contribution in [3.63, 3.8) is 0 Å². The highest BCUT2D eigenvalue weighted by molar-refractivity contribution is 7.21. The summed E-state index contributed by atoms with van der Waals surface area (Å²) >= 11 is 7.75. The summed E-state index contributed by atoms with van der Waals surface area (Å²) in [5, 5.41) is 6.91. The van der Waals surface area contributed by atoms with Crippen molar-refractivity contribution in [2.45, 2.75) is 20.0 Å². The first kappa shape index (κ1) is 16.9. The summed E-state index contributed by atoms with van der Waals surface area (Å²) in [5.74, 6) is 0.0691. The molecule has 1 aliphatic rings. The fourth-order valence-electron chi connectivity index (χ4n) is 2.79. The van der Waals surface area contributed by atoms with Crippen molar-refractivity contribution in [3.05, 3.63) is 51.9 Å². The summed E-state index contributed by atoms with van der Waals surface area (Å²) in [5.41, 5.74) is 2.20. The molecule has 0 spiro atoms. The van der Waals surface area contributed by atoms with Gasteiger partial charge in [-0.2, -0.15) is 0 Å². The van der Waals surface area contributed by atoms with Crippen molar-refractivity contribution in [1.29, 1.82) is 0 Å². The molecule has 0 aliphatic carbocycles. The number of carbonyl (C=O) groups is 2. The molecule has 2 heterocycles. The molecule has 4 rings (SSSR count). The first-order chi connectivity index (χ1) is 12.4. The summed E-state index contributed by atoms with van der Waals surface area (Å²) in [4.78, 5) is 24.9. The van der Waals surface area contributed by atoms with Gasteiger partial charge in [0.05, 0.1) is 10.7 Å². The first-order valence-electron chi connectivity index (χ1n) is 8.04. The maximum atomic E-state index is 12.7. The molecule has 0 saturated heterocycles. The summed E-state index contributed by atoms with van der Waals surface area (Å²) in [6.45, 7) is 3.68. The number of hydrogen-bond acceptors (Lipinski definition) is 4. The number of nitrogens with one attached hydrogen (secondary N) is 2. The Kier molecular flexibility index (Phi) is 4.09. The number of benzene rings is 2. The molecule has 0 unspecified atom stereocenters. The summed E-state index contributed by atoms with van der Waals surface area (Å²) < 4.78 is 6.49. The summed E-state index contributed by atoms with van der Waals surface area (Å²) in [6.07, 6.45) is -0.538. The van der Waals surface area contributed by atoms with Crippen LogP contribution in [0.15, 0.2) is 36.4 Å². The molecule has 7 heteroatoms. The van der Waals surface area contributed by atoms with Crippen LogP contribution in [0.5, 0.6) is 5.75 Å². The molecule has 1 aliphatic heterocycles. The average molecular weight is 387 g/mol. The second-order valence-electron chi connectivity index (χ2n) is 6.16. The van der Waals surface area contributed by atoms with Gasteiger partial charge in [-0.3, -0.25) is 9.59 Å². The topological polar surface area (TPSA) is 67.4 Å². The van der Waals surface area contributed by atoms with Gasteiger partial charge in [0.15, 0.2) is 6.10 Å². The van der Waals surface area contributed by atoms with Crippen molar-refractivity contribution < 1.29 is 14.3 Å². The van der Waals surface area contributed by atoms with E-state index in [4.69, 9.17) is 16.3 Å². The Bertz CT molecular complexity index is 1060. The molecule has 26 heavy (non-hydrogen) atoms. The Labute approximate surface area is 158 Å². The third kappa shape index (κ3) is 2.91. The Balaban J connectivity index is 1.62. The molecule has 2 N–H and O–H groups in total. The van der Waals surface area contributed by atoms with Gasteiger partial charge in [-0.25, -0.2) is 0 Å². The summed E-state index contributed by atoms with van der Waals surface area (Å²) in [6, 6.07) is 11.0. The lowest BCUT2D eigenvalue weighted by Crippen LogP contribution is -2.34. The van der Waals surface area contributed by atoms with E-state index in [2.05, 4.69) is 10.6 Å². The van der Waals surface area contributed by atoms with Gasteiger partial charge in [-0.15, -0.1) is 11.3 Å². The van der Waals surface area contributed by atoms with E-state index in [0.29, 0.717) is 27.0 Å². The molecule has 1 aromatic heterocycles. The Morgan fingerprint density at radius 2 is 2.08 bits per heavy atom. The third-order valence-corrected chi connectivity index (χ3v) is 5.82. The number of anilines is 2. The highest BCUT2D eigenvalue weighted by atomic mass is 35.5. The molecular formula is C19H15ClN2O3S. The predicted molar refractivity (Wildman–Crippen MR) is 105 cm³/mol. The zero-order valence-electron chi connectivity index (χ0n) is 14.1. The van der Waals surface area contributed by atoms with Crippen LogP contribution in [-0.4, -0.2) is 17.9 Å². The third-order valence-electron chi connectivity index (χ3n) is 4.16. The van der Waals surface area contributed by atoms with E-state index in [0.717, 1.165) is 15.6 Å². The number of thiophene rings is 1. The molecule has 2 amide bonds. The molecule has 3 aromatic rings. The number of ether oxygens (including phenoxy) is 1. The van der Waals surface area contributed by atoms with E-state index < -0.39 is 6.10 Å². The van der Waals surface area contributed by atoms with E-state index in [-0.39, 0.29) is 11.8 Å². The standard InChI is InChI=1S/C19H15ClN2O3S/c1-9-3-5-12-15(7-9)26-17(16(12)20)19(24)21-11-4-6-14-13(8-11)22-18(23)10(2)25-14/h3-8,10H,1-2H3,(H,21,24)(H,22,23)/t10-/m0/s1.